The van der Waals surface area contributed by atoms with Crippen LogP contribution in [0, 0.1) is 5.92 Å². The highest BCUT2D eigenvalue weighted by Gasteiger charge is 2.09. The van der Waals surface area contributed by atoms with E-state index >= 15 is 0 Å². The van der Waals surface area contributed by atoms with Gasteiger partial charge in [0.1, 0.15) is 0 Å². The Bertz CT molecular complexity index is 440. The van der Waals surface area contributed by atoms with Crippen LogP contribution in [0.3, 0.4) is 0 Å². The molecule has 0 bridgehead atoms. The van der Waals surface area contributed by atoms with Crippen molar-refractivity contribution in [3.8, 4) is 0 Å². The van der Waals surface area contributed by atoms with Crippen molar-refractivity contribution in [3.63, 3.8) is 0 Å². The number of benzene rings is 1. The summed E-state index contributed by atoms with van der Waals surface area (Å²) in [5.41, 5.74) is 7.55. The maximum Gasteiger partial charge on any atom is 0.306 e. The Morgan fingerprint density at radius 1 is 1.35 bits per heavy atom. The van der Waals surface area contributed by atoms with Crippen molar-refractivity contribution < 1.29 is 9.53 Å². The van der Waals surface area contributed by atoms with E-state index in [1.54, 1.807) is 0 Å². The van der Waals surface area contributed by atoms with Crippen LogP contribution < -0.4 is 5.73 Å². The molecule has 5 heteroatoms. The van der Waals surface area contributed by atoms with Crippen molar-refractivity contribution in [1.29, 1.82) is 0 Å². The van der Waals surface area contributed by atoms with Gasteiger partial charge in [-0.3, -0.25) is 4.79 Å². The van der Waals surface area contributed by atoms with Crippen LogP contribution in [0.4, 0.5) is 5.69 Å². The van der Waals surface area contributed by atoms with Crippen LogP contribution in [-0.4, -0.2) is 12.6 Å². The number of rotatable bonds is 7. The fourth-order valence-corrected chi connectivity index (χ4v) is 3.19. The third-order valence-corrected chi connectivity index (χ3v) is 4.38. The van der Waals surface area contributed by atoms with E-state index in [1.165, 1.54) is 0 Å². The molecule has 0 saturated heterocycles. The van der Waals surface area contributed by atoms with Gasteiger partial charge in [0.15, 0.2) is 0 Å². The smallest absolute Gasteiger partial charge is 0.306 e. The zero-order valence-corrected chi connectivity index (χ0v) is 15.1. The van der Waals surface area contributed by atoms with E-state index in [-0.39, 0.29) is 5.97 Å². The first-order valence-electron chi connectivity index (χ1n) is 6.83. The van der Waals surface area contributed by atoms with Gasteiger partial charge in [-0.1, -0.05) is 20.3 Å². The van der Waals surface area contributed by atoms with Crippen molar-refractivity contribution in [2.75, 3.05) is 12.3 Å². The number of hydrogen-bond acceptors (Lipinski definition) is 3. The molecule has 1 aromatic carbocycles. The summed E-state index contributed by atoms with van der Waals surface area (Å²) in [6, 6.07) is 3.88. The average molecular weight is 407 g/mol. The Morgan fingerprint density at radius 2 is 1.95 bits per heavy atom. The molecule has 1 atom stereocenters. The van der Waals surface area contributed by atoms with Crippen LogP contribution in [0.5, 0.6) is 0 Å². The highest BCUT2D eigenvalue weighted by atomic mass is 79.9. The van der Waals surface area contributed by atoms with E-state index in [4.69, 9.17) is 10.5 Å². The Hall–Kier alpha value is -0.550. The number of halogens is 2. The number of aryl methyl sites for hydroxylation is 1. The minimum atomic E-state index is -0.142. The lowest BCUT2D eigenvalue weighted by molar-refractivity contribution is -0.144. The first kappa shape index (κ1) is 17.5. The fourth-order valence-electron chi connectivity index (χ4n) is 1.91. The van der Waals surface area contributed by atoms with Gasteiger partial charge >= 0.3 is 5.97 Å². The van der Waals surface area contributed by atoms with Gasteiger partial charge in [0, 0.05) is 15.4 Å². The summed E-state index contributed by atoms with van der Waals surface area (Å²) in [6.07, 6.45) is 3.25. The Kier molecular flexibility index (Phi) is 7.59. The summed E-state index contributed by atoms with van der Waals surface area (Å²) in [7, 11) is 0. The Labute approximate surface area is 137 Å². The van der Waals surface area contributed by atoms with Crippen LogP contribution in [-0.2, 0) is 16.0 Å². The summed E-state index contributed by atoms with van der Waals surface area (Å²) in [4.78, 5) is 11.7. The lowest BCUT2D eigenvalue weighted by Crippen LogP contribution is -2.12. The number of anilines is 1. The monoisotopic (exact) mass is 405 g/mol. The predicted octanol–water partition coefficient (Wildman–Crippen LogP) is 4.71. The second-order valence-electron chi connectivity index (χ2n) is 5.05. The van der Waals surface area contributed by atoms with E-state index < -0.39 is 0 Å². The molecule has 1 unspecified atom stereocenters. The summed E-state index contributed by atoms with van der Waals surface area (Å²) in [5, 5.41) is 0. The largest absolute Gasteiger partial charge is 0.465 e. The third kappa shape index (κ3) is 5.83. The first-order chi connectivity index (χ1) is 9.43. The quantitative estimate of drug-likeness (QED) is 0.527. The van der Waals surface area contributed by atoms with Gasteiger partial charge in [-0.2, -0.15) is 0 Å². The molecular weight excluding hydrogens is 386 g/mol. The average Bonchev–Trinajstić information content (AvgIpc) is 2.40. The van der Waals surface area contributed by atoms with E-state index in [1.807, 2.05) is 12.1 Å². The topological polar surface area (TPSA) is 52.3 Å². The zero-order valence-electron chi connectivity index (χ0n) is 11.9. The maximum absolute atomic E-state index is 11.7. The molecule has 0 aliphatic rings. The normalized spacial score (nSPS) is 12.2. The lowest BCUT2D eigenvalue weighted by Gasteiger charge is -2.11. The minimum absolute atomic E-state index is 0.142. The van der Waals surface area contributed by atoms with Crippen LogP contribution >= 0.6 is 31.9 Å². The van der Waals surface area contributed by atoms with Crippen LogP contribution in [0.25, 0.3) is 0 Å². The molecule has 0 fully saturated rings. The highest BCUT2D eigenvalue weighted by molar-refractivity contribution is 9.11. The zero-order chi connectivity index (χ0) is 15.1. The SMILES string of the molecule is CCCC(C)COC(=O)CCc1cc(Br)c(N)c(Br)c1. The number of esters is 1. The Morgan fingerprint density at radius 3 is 2.50 bits per heavy atom. The number of nitrogen functional groups attached to an aromatic ring is 1. The fraction of sp³-hybridized carbons (Fsp3) is 0.533. The molecule has 0 aromatic heterocycles. The first-order valence-corrected chi connectivity index (χ1v) is 8.41. The molecule has 112 valence electrons. The van der Waals surface area contributed by atoms with Crippen molar-refractivity contribution in [2.24, 2.45) is 5.92 Å². The molecule has 1 rings (SSSR count). The molecule has 0 heterocycles. The highest BCUT2D eigenvalue weighted by Crippen LogP contribution is 2.30. The van der Waals surface area contributed by atoms with Gasteiger partial charge in [0.2, 0.25) is 0 Å². The number of carbonyl (C=O) groups is 1. The second-order valence-corrected chi connectivity index (χ2v) is 6.76. The second kappa shape index (κ2) is 8.67. The van der Waals surface area contributed by atoms with E-state index in [2.05, 4.69) is 45.7 Å². The van der Waals surface area contributed by atoms with Crippen molar-refractivity contribution in [1.82, 2.24) is 0 Å². The molecule has 0 spiro atoms. The summed E-state index contributed by atoms with van der Waals surface area (Å²) >= 11 is 6.80. The lowest BCUT2D eigenvalue weighted by atomic mass is 10.1. The number of ether oxygens (including phenoxy) is 1. The van der Waals surface area contributed by atoms with Gasteiger partial charge in [0.25, 0.3) is 0 Å². The van der Waals surface area contributed by atoms with Gasteiger partial charge in [-0.25, -0.2) is 0 Å². The van der Waals surface area contributed by atoms with Crippen molar-refractivity contribution in [3.05, 3.63) is 26.6 Å². The molecule has 0 saturated carbocycles. The molecule has 20 heavy (non-hydrogen) atoms. The van der Waals surface area contributed by atoms with Crippen LogP contribution in [0.15, 0.2) is 21.1 Å². The van der Waals surface area contributed by atoms with Gasteiger partial charge in [-0.15, -0.1) is 0 Å². The van der Waals surface area contributed by atoms with E-state index in [0.717, 1.165) is 27.4 Å². The molecular formula is C15H21Br2NO2. The number of hydrogen-bond donors (Lipinski definition) is 1. The molecule has 0 radical (unpaired) electrons. The minimum Gasteiger partial charge on any atom is -0.465 e. The molecule has 2 N–H and O–H groups in total. The summed E-state index contributed by atoms with van der Waals surface area (Å²) in [5.74, 6) is 0.292. The van der Waals surface area contributed by atoms with E-state index in [0.29, 0.717) is 31.1 Å². The van der Waals surface area contributed by atoms with E-state index in [9.17, 15) is 4.79 Å². The van der Waals surface area contributed by atoms with Crippen molar-refractivity contribution in [2.45, 2.75) is 39.5 Å². The number of carbonyl (C=O) groups excluding carboxylic acids is 1. The van der Waals surface area contributed by atoms with Gasteiger partial charge in [-0.05, 0) is 68.3 Å². The predicted molar refractivity (Wildman–Crippen MR) is 89.6 cm³/mol. The maximum atomic E-state index is 11.7. The molecule has 1 aromatic rings. The Balaban J connectivity index is 2.41. The molecule has 0 aliphatic heterocycles. The molecule has 0 amide bonds. The molecule has 3 nitrogen and oxygen atoms in total. The van der Waals surface area contributed by atoms with Crippen LogP contribution in [0.2, 0.25) is 0 Å². The van der Waals surface area contributed by atoms with Crippen LogP contribution in [0.1, 0.15) is 38.7 Å². The van der Waals surface area contributed by atoms with Crippen molar-refractivity contribution >= 4 is 43.5 Å². The summed E-state index contributed by atoms with van der Waals surface area (Å²) in [6.45, 7) is 4.75. The third-order valence-electron chi connectivity index (χ3n) is 3.07. The van der Waals surface area contributed by atoms with Gasteiger partial charge < -0.3 is 10.5 Å². The molecule has 0 aliphatic carbocycles. The summed E-state index contributed by atoms with van der Waals surface area (Å²) < 4.78 is 6.95. The van der Waals surface area contributed by atoms with Gasteiger partial charge in [0.05, 0.1) is 12.3 Å². The number of nitrogens with two attached hydrogens (primary N) is 1. The standard InChI is InChI=1S/C15H21Br2NO2/c1-3-4-10(2)9-20-14(19)6-5-11-7-12(16)15(18)13(17)8-11/h7-8,10H,3-6,9,18H2,1-2H3.